The van der Waals surface area contributed by atoms with E-state index in [1.165, 1.54) is 11.3 Å². The second-order valence-electron chi connectivity index (χ2n) is 6.36. The van der Waals surface area contributed by atoms with Crippen LogP contribution in [0.2, 0.25) is 0 Å². The van der Waals surface area contributed by atoms with Gasteiger partial charge in [-0.05, 0) is 59.3 Å². The van der Waals surface area contributed by atoms with Crippen LogP contribution in [0.5, 0.6) is 0 Å². The van der Waals surface area contributed by atoms with Gasteiger partial charge in [-0.1, -0.05) is 6.07 Å². The van der Waals surface area contributed by atoms with Gasteiger partial charge < -0.3 is 10.6 Å². The topological polar surface area (TPSA) is 110 Å². The molecular weight excluding hydrogens is 480 g/mol. The van der Waals surface area contributed by atoms with Gasteiger partial charge in [0.2, 0.25) is 0 Å². The molecule has 0 aliphatic carbocycles. The molecule has 4 aromatic rings. The summed E-state index contributed by atoms with van der Waals surface area (Å²) in [6.45, 7) is 1.76. The molecule has 0 radical (unpaired) electrons. The van der Waals surface area contributed by atoms with Crippen LogP contribution in [0.1, 0.15) is 25.7 Å². The fourth-order valence-electron chi connectivity index (χ4n) is 2.68. The number of aromatic nitrogens is 4. The fraction of sp³-hybridized carbons (Fsp3) is 0.0476. The van der Waals surface area contributed by atoms with Crippen molar-refractivity contribution < 1.29 is 9.59 Å². The van der Waals surface area contributed by atoms with Crippen LogP contribution in [0, 0.1) is 6.92 Å². The number of rotatable bonds is 5. The highest BCUT2D eigenvalue weighted by Gasteiger charge is 2.18. The SMILES string of the molecule is Cc1nc(-c2ncccn2)sc1C(=O)Nc1cccc(C(=O)Nc2ccc(Br)cn2)c1. The summed E-state index contributed by atoms with van der Waals surface area (Å²) in [7, 11) is 0. The molecule has 31 heavy (non-hydrogen) atoms. The third-order valence-corrected chi connectivity index (χ3v) is 5.73. The van der Waals surface area contributed by atoms with E-state index >= 15 is 0 Å². The predicted molar refractivity (Wildman–Crippen MR) is 122 cm³/mol. The van der Waals surface area contributed by atoms with Gasteiger partial charge in [-0.15, -0.1) is 11.3 Å². The molecule has 0 atom stereocenters. The van der Waals surface area contributed by atoms with Crippen LogP contribution >= 0.6 is 27.3 Å². The average Bonchev–Trinajstić information content (AvgIpc) is 3.18. The van der Waals surface area contributed by atoms with Crippen molar-refractivity contribution in [3.63, 3.8) is 0 Å². The van der Waals surface area contributed by atoms with Crippen molar-refractivity contribution in [3.05, 3.63) is 81.7 Å². The van der Waals surface area contributed by atoms with Crippen molar-refractivity contribution in [2.45, 2.75) is 6.92 Å². The number of anilines is 2. The van der Waals surface area contributed by atoms with Crippen molar-refractivity contribution in [1.82, 2.24) is 19.9 Å². The first-order valence-corrected chi connectivity index (χ1v) is 10.7. The largest absolute Gasteiger partial charge is 0.321 e. The first-order chi connectivity index (χ1) is 15.0. The minimum atomic E-state index is -0.330. The number of nitrogens with one attached hydrogen (secondary N) is 2. The van der Waals surface area contributed by atoms with E-state index < -0.39 is 0 Å². The van der Waals surface area contributed by atoms with Gasteiger partial charge in [0.05, 0.1) is 5.69 Å². The minimum absolute atomic E-state index is 0.315. The zero-order valence-corrected chi connectivity index (χ0v) is 18.6. The molecule has 3 heterocycles. The Morgan fingerprint density at radius 2 is 1.77 bits per heavy atom. The van der Waals surface area contributed by atoms with E-state index in [0.29, 0.717) is 38.5 Å². The molecule has 8 nitrogen and oxygen atoms in total. The molecule has 4 rings (SSSR count). The number of halogens is 1. The van der Waals surface area contributed by atoms with Gasteiger partial charge in [0, 0.05) is 34.3 Å². The summed E-state index contributed by atoms with van der Waals surface area (Å²) in [6, 6.07) is 11.9. The van der Waals surface area contributed by atoms with E-state index in [9.17, 15) is 9.59 Å². The van der Waals surface area contributed by atoms with Gasteiger partial charge in [0.15, 0.2) is 10.8 Å². The van der Waals surface area contributed by atoms with Crippen molar-refractivity contribution in [2.75, 3.05) is 10.6 Å². The van der Waals surface area contributed by atoms with Crippen LogP contribution in [0.3, 0.4) is 0 Å². The normalized spacial score (nSPS) is 10.5. The lowest BCUT2D eigenvalue weighted by Crippen LogP contribution is -2.15. The number of hydrogen-bond donors (Lipinski definition) is 2. The van der Waals surface area contributed by atoms with E-state index in [-0.39, 0.29) is 11.8 Å². The summed E-state index contributed by atoms with van der Waals surface area (Å²) in [4.78, 5) is 42.6. The van der Waals surface area contributed by atoms with E-state index in [1.807, 2.05) is 0 Å². The number of aryl methyl sites for hydroxylation is 1. The molecule has 0 aliphatic rings. The molecule has 10 heteroatoms. The standard InChI is InChI=1S/C21H15BrN6O2S/c1-12-17(31-21(26-12)18-23-8-3-9-24-18)20(30)27-15-5-2-4-13(10-15)19(29)28-16-7-6-14(22)11-25-16/h2-11H,1H3,(H,27,30)(H,25,28,29). The zero-order valence-electron chi connectivity index (χ0n) is 16.2. The summed E-state index contributed by atoms with van der Waals surface area (Å²) >= 11 is 4.52. The number of benzene rings is 1. The van der Waals surface area contributed by atoms with Gasteiger partial charge in [-0.25, -0.2) is 19.9 Å². The highest BCUT2D eigenvalue weighted by molar-refractivity contribution is 9.10. The van der Waals surface area contributed by atoms with E-state index in [0.717, 1.165) is 4.47 Å². The number of hydrogen-bond acceptors (Lipinski definition) is 7. The Hall–Kier alpha value is -3.50. The summed E-state index contributed by atoms with van der Waals surface area (Å²) in [5.41, 5.74) is 1.47. The minimum Gasteiger partial charge on any atom is -0.321 e. The molecule has 0 saturated carbocycles. The third kappa shape index (κ3) is 4.98. The lowest BCUT2D eigenvalue weighted by atomic mass is 10.2. The van der Waals surface area contributed by atoms with Crippen LogP contribution in [0.4, 0.5) is 11.5 Å². The van der Waals surface area contributed by atoms with Crippen LogP contribution in [-0.4, -0.2) is 31.8 Å². The fourth-order valence-corrected chi connectivity index (χ4v) is 3.82. The molecule has 0 spiro atoms. The summed E-state index contributed by atoms with van der Waals surface area (Å²) in [5.74, 6) is 0.251. The molecule has 2 N–H and O–H groups in total. The monoisotopic (exact) mass is 494 g/mol. The maximum Gasteiger partial charge on any atom is 0.267 e. The Bertz CT molecular complexity index is 1240. The van der Waals surface area contributed by atoms with Crippen molar-refractivity contribution in [2.24, 2.45) is 0 Å². The van der Waals surface area contributed by atoms with E-state index in [4.69, 9.17) is 0 Å². The second kappa shape index (κ2) is 9.11. The number of carbonyl (C=O) groups excluding carboxylic acids is 2. The van der Waals surface area contributed by atoms with E-state index in [1.54, 1.807) is 68.0 Å². The maximum atomic E-state index is 12.8. The maximum absolute atomic E-state index is 12.8. The molecule has 2 amide bonds. The van der Waals surface area contributed by atoms with Gasteiger partial charge in [-0.2, -0.15) is 0 Å². The molecule has 0 saturated heterocycles. The Balaban J connectivity index is 1.49. The highest BCUT2D eigenvalue weighted by atomic mass is 79.9. The number of thiazole rings is 1. The molecule has 1 aromatic carbocycles. The van der Waals surface area contributed by atoms with Crippen LogP contribution < -0.4 is 10.6 Å². The molecule has 0 fully saturated rings. The molecule has 154 valence electrons. The lowest BCUT2D eigenvalue weighted by molar-refractivity contribution is 0.101. The van der Waals surface area contributed by atoms with Crippen LogP contribution in [0.15, 0.2) is 65.5 Å². The Labute approximate surface area is 190 Å². The number of carbonyl (C=O) groups is 2. The van der Waals surface area contributed by atoms with Crippen molar-refractivity contribution >= 4 is 50.6 Å². The number of pyridine rings is 1. The Kier molecular flexibility index (Phi) is 6.10. The summed E-state index contributed by atoms with van der Waals surface area (Å²) in [5, 5.41) is 6.11. The van der Waals surface area contributed by atoms with Gasteiger partial charge in [-0.3, -0.25) is 9.59 Å². The summed E-state index contributed by atoms with van der Waals surface area (Å²) in [6.07, 6.45) is 4.84. The Morgan fingerprint density at radius 3 is 2.52 bits per heavy atom. The quantitative estimate of drug-likeness (QED) is 0.420. The number of amides is 2. The lowest BCUT2D eigenvalue weighted by Gasteiger charge is -2.08. The molecule has 0 bridgehead atoms. The summed E-state index contributed by atoms with van der Waals surface area (Å²) < 4.78 is 0.815. The first kappa shape index (κ1) is 20.8. The second-order valence-corrected chi connectivity index (χ2v) is 8.27. The average molecular weight is 495 g/mol. The molecule has 0 unspecified atom stereocenters. The van der Waals surface area contributed by atoms with Crippen molar-refractivity contribution in [3.8, 4) is 10.8 Å². The van der Waals surface area contributed by atoms with Crippen LogP contribution in [0.25, 0.3) is 10.8 Å². The van der Waals surface area contributed by atoms with E-state index in [2.05, 4.69) is 46.5 Å². The first-order valence-electron chi connectivity index (χ1n) is 9.09. The van der Waals surface area contributed by atoms with Gasteiger partial charge in [0.1, 0.15) is 10.7 Å². The van der Waals surface area contributed by atoms with Crippen molar-refractivity contribution in [1.29, 1.82) is 0 Å². The molecular formula is C21H15BrN6O2S. The predicted octanol–water partition coefficient (Wildman–Crippen LogP) is 4.57. The third-order valence-electron chi connectivity index (χ3n) is 4.11. The smallest absolute Gasteiger partial charge is 0.267 e. The zero-order chi connectivity index (χ0) is 21.8. The molecule has 0 aliphatic heterocycles. The number of nitrogens with zero attached hydrogens (tertiary/aromatic N) is 4. The highest BCUT2D eigenvalue weighted by Crippen LogP contribution is 2.26. The Morgan fingerprint density at radius 1 is 0.968 bits per heavy atom. The molecule has 3 aromatic heterocycles. The van der Waals surface area contributed by atoms with Gasteiger partial charge >= 0.3 is 0 Å². The van der Waals surface area contributed by atoms with Crippen LogP contribution in [-0.2, 0) is 0 Å². The van der Waals surface area contributed by atoms with Gasteiger partial charge in [0.25, 0.3) is 11.8 Å².